The first-order valence-corrected chi connectivity index (χ1v) is 20.0. The van der Waals surface area contributed by atoms with Crippen LogP contribution in [0.4, 0.5) is 0 Å². The summed E-state index contributed by atoms with van der Waals surface area (Å²) in [5, 5.41) is 0. The van der Waals surface area contributed by atoms with Crippen LogP contribution >= 0.6 is 0 Å². The first-order valence-electron chi connectivity index (χ1n) is 20.0. The van der Waals surface area contributed by atoms with Gasteiger partial charge in [0.15, 0.2) is 0 Å². The van der Waals surface area contributed by atoms with Crippen LogP contribution in [0, 0.1) is 12.1 Å². The molecule has 4 rings (SSSR count). The van der Waals surface area contributed by atoms with Crippen LogP contribution in [0.5, 0.6) is 0 Å². The zero-order valence-corrected chi connectivity index (χ0v) is 32.1. The molecule has 0 unspecified atom stereocenters. The van der Waals surface area contributed by atoms with E-state index in [2.05, 4.69) is 139 Å². The van der Waals surface area contributed by atoms with Crippen LogP contribution in [0.3, 0.4) is 0 Å². The molecule has 0 amide bonds. The van der Waals surface area contributed by atoms with Crippen molar-refractivity contribution in [2.75, 3.05) is 0 Å². The Morgan fingerprint density at radius 1 is 0.429 bits per heavy atom. The Kier molecular flexibility index (Phi) is 15.7. The fourth-order valence-electron chi connectivity index (χ4n) is 7.34. The summed E-state index contributed by atoms with van der Waals surface area (Å²) >= 11 is 0. The van der Waals surface area contributed by atoms with Crippen molar-refractivity contribution in [1.29, 1.82) is 0 Å². The highest BCUT2D eigenvalue weighted by molar-refractivity contribution is 5.45. The van der Waals surface area contributed by atoms with Crippen molar-refractivity contribution in [2.24, 2.45) is 0 Å². The minimum absolute atomic E-state index is 0.116. The minimum atomic E-state index is -0.116. The van der Waals surface area contributed by atoms with Crippen LogP contribution in [0.25, 0.3) is 0 Å². The molecular formula is C49H66. The molecule has 0 aliphatic carbocycles. The second-order valence-corrected chi connectivity index (χ2v) is 15.8. The maximum Gasteiger partial charge on any atom is 0.0152 e. The molecule has 4 aromatic carbocycles. The molecule has 0 saturated carbocycles. The predicted molar refractivity (Wildman–Crippen MR) is 214 cm³/mol. The van der Waals surface area contributed by atoms with Gasteiger partial charge in [-0.25, -0.2) is 0 Å². The number of benzene rings is 4. The van der Waals surface area contributed by atoms with E-state index in [1.165, 1.54) is 134 Å². The van der Waals surface area contributed by atoms with E-state index in [9.17, 15) is 0 Å². The van der Waals surface area contributed by atoms with Crippen molar-refractivity contribution in [3.05, 3.63) is 142 Å². The molecule has 0 nitrogen and oxygen atoms in total. The van der Waals surface area contributed by atoms with Gasteiger partial charge in [0.2, 0.25) is 0 Å². The standard InChI is InChI=1S/C49H66/c1-7-9-11-13-15-17-21-27-40-33-42(38-46(36-40)48(3,4)44-29-23-19-24-30-44)35-43-34-41(28-22-18-16-14-12-10-8-2)37-47(39-43)49(5,6)45-31-25-20-26-32-45/h19-20,23-26,29-34,36-37H,7-18,21-22,27-28,35H2,1-6H3. The van der Waals surface area contributed by atoms with Crippen LogP contribution < -0.4 is 0 Å². The minimum Gasteiger partial charge on any atom is -0.0654 e. The molecule has 0 aromatic heterocycles. The second kappa shape index (κ2) is 19.9. The third kappa shape index (κ3) is 12.0. The van der Waals surface area contributed by atoms with Crippen molar-refractivity contribution >= 4 is 0 Å². The van der Waals surface area contributed by atoms with Crippen LogP contribution in [0.15, 0.2) is 84.9 Å². The first kappa shape index (κ1) is 38.7. The molecular weight excluding hydrogens is 589 g/mol. The van der Waals surface area contributed by atoms with Crippen LogP contribution in [0.1, 0.15) is 176 Å². The Labute approximate surface area is 302 Å². The van der Waals surface area contributed by atoms with Gasteiger partial charge < -0.3 is 0 Å². The van der Waals surface area contributed by atoms with Gasteiger partial charge >= 0.3 is 0 Å². The average molecular weight is 655 g/mol. The molecule has 2 radical (unpaired) electrons. The van der Waals surface area contributed by atoms with Crippen LogP contribution in [-0.4, -0.2) is 0 Å². The number of unbranched alkanes of at least 4 members (excludes halogenated alkanes) is 12. The van der Waals surface area contributed by atoms with E-state index in [1.54, 1.807) is 0 Å². The molecule has 0 spiro atoms. The highest BCUT2D eigenvalue weighted by Crippen LogP contribution is 2.35. The Morgan fingerprint density at radius 3 is 1.14 bits per heavy atom. The van der Waals surface area contributed by atoms with Gasteiger partial charge in [0.25, 0.3) is 0 Å². The molecule has 0 aliphatic rings. The topological polar surface area (TPSA) is 0 Å². The average Bonchev–Trinajstić information content (AvgIpc) is 3.11. The van der Waals surface area contributed by atoms with E-state index in [-0.39, 0.29) is 10.8 Å². The summed E-state index contributed by atoms with van der Waals surface area (Å²) in [5.74, 6) is 0. The molecule has 4 aromatic rings. The first-order chi connectivity index (χ1) is 23.7. The molecule has 49 heavy (non-hydrogen) atoms. The summed E-state index contributed by atoms with van der Waals surface area (Å²) in [7, 11) is 0. The van der Waals surface area contributed by atoms with Crippen molar-refractivity contribution in [2.45, 2.75) is 162 Å². The van der Waals surface area contributed by atoms with E-state index in [0.29, 0.717) is 0 Å². The second-order valence-electron chi connectivity index (χ2n) is 15.8. The third-order valence-corrected chi connectivity index (χ3v) is 10.8. The summed E-state index contributed by atoms with van der Waals surface area (Å²) in [6, 6.07) is 39.8. The Hall–Kier alpha value is -3.12. The van der Waals surface area contributed by atoms with Crippen molar-refractivity contribution in [3.63, 3.8) is 0 Å². The summed E-state index contributed by atoms with van der Waals surface area (Å²) in [4.78, 5) is 0. The Balaban J connectivity index is 1.62. The lowest BCUT2D eigenvalue weighted by Crippen LogP contribution is -2.20. The lowest BCUT2D eigenvalue weighted by molar-refractivity contribution is 0.588. The number of hydrogen-bond acceptors (Lipinski definition) is 0. The smallest absolute Gasteiger partial charge is 0.0152 e. The largest absolute Gasteiger partial charge is 0.0654 e. The third-order valence-electron chi connectivity index (χ3n) is 10.8. The molecule has 262 valence electrons. The summed E-state index contributed by atoms with van der Waals surface area (Å²) in [6.07, 6.45) is 21.9. The van der Waals surface area contributed by atoms with Gasteiger partial charge in [-0.15, -0.1) is 0 Å². The fourth-order valence-corrected chi connectivity index (χ4v) is 7.34. The zero-order chi connectivity index (χ0) is 35.0. The normalized spacial score (nSPS) is 12.0. The van der Waals surface area contributed by atoms with Crippen molar-refractivity contribution < 1.29 is 0 Å². The van der Waals surface area contributed by atoms with E-state index >= 15 is 0 Å². The Bertz CT molecular complexity index is 1380. The highest BCUT2D eigenvalue weighted by Gasteiger charge is 2.26. The lowest BCUT2D eigenvalue weighted by atomic mass is 9.75. The summed E-state index contributed by atoms with van der Waals surface area (Å²) < 4.78 is 0. The molecule has 0 fully saturated rings. The molecule has 0 aliphatic heterocycles. The summed E-state index contributed by atoms with van der Waals surface area (Å²) in [5.41, 5.74) is 10.6. The van der Waals surface area contributed by atoms with E-state index in [4.69, 9.17) is 0 Å². The van der Waals surface area contributed by atoms with E-state index in [1.807, 2.05) is 0 Å². The molecule has 0 heteroatoms. The van der Waals surface area contributed by atoms with Crippen molar-refractivity contribution in [1.82, 2.24) is 0 Å². The van der Waals surface area contributed by atoms with Gasteiger partial charge in [-0.3, -0.25) is 0 Å². The Morgan fingerprint density at radius 2 is 0.776 bits per heavy atom. The molecule has 0 saturated heterocycles. The van der Waals surface area contributed by atoms with E-state index in [0.717, 1.165) is 19.3 Å². The van der Waals surface area contributed by atoms with Gasteiger partial charge in [-0.2, -0.15) is 0 Å². The van der Waals surface area contributed by atoms with Gasteiger partial charge in [0, 0.05) is 10.8 Å². The number of rotatable bonds is 22. The monoisotopic (exact) mass is 655 g/mol. The molecule has 0 atom stereocenters. The molecule has 0 bridgehead atoms. The molecule has 0 N–H and O–H groups in total. The van der Waals surface area contributed by atoms with E-state index < -0.39 is 0 Å². The number of aryl methyl sites for hydroxylation is 2. The van der Waals surface area contributed by atoms with Crippen molar-refractivity contribution in [3.8, 4) is 0 Å². The zero-order valence-electron chi connectivity index (χ0n) is 32.1. The quantitative estimate of drug-likeness (QED) is 0.0740. The van der Waals surface area contributed by atoms with Gasteiger partial charge in [0.1, 0.15) is 0 Å². The van der Waals surface area contributed by atoms with Crippen LogP contribution in [0.2, 0.25) is 0 Å². The van der Waals surface area contributed by atoms with Crippen LogP contribution in [-0.2, 0) is 30.1 Å². The molecule has 0 heterocycles. The summed E-state index contributed by atoms with van der Waals surface area (Å²) in [6.45, 7) is 14.1. The number of hydrogen-bond donors (Lipinski definition) is 0. The fraction of sp³-hybridized carbons (Fsp3) is 0.510. The maximum absolute atomic E-state index is 3.96. The highest BCUT2D eigenvalue weighted by atomic mass is 14.3. The predicted octanol–water partition coefficient (Wildman–Crippen LogP) is 14.1. The van der Waals surface area contributed by atoms with Gasteiger partial charge in [-0.1, -0.05) is 204 Å². The lowest BCUT2D eigenvalue weighted by Gasteiger charge is -2.28. The van der Waals surface area contributed by atoms with Gasteiger partial charge in [-0.05, 0) is 88.7 Å². The van der Waals surface area contributed by atoms with Gasteiger partial charge in [0.05, 0.1) is 0 Å². The maximum atomic E-state index is 3.96. The SMILES string of the molecule is CCCCCCCCCc1cc(Cc2[c]c(C(C)(C)c3ccccc3)cc(CCCCCCCCC)c2)[c]c(C(C)(C)c2ccccc2)c1.